The Labute approximate surface area is 126 Å². The SMILES string of the molecule is COc1ccc(CNC2CC3CC2C2CCCC32)cc1O. The van der Waals surface area contributed by atoms with Crippen LogP contribution >= 0.6 is 0 Å². The molecule has 2 N–H and O–H groups in total. The van der Waals surface area contributed by atoms with Gasteiger partial charge in [0.05, 0.1) is 7.11 Å². The fraction of sp³-hybridized carbons (Fsp3) is 0.667. The van der Waals surface area contributed by atoms with E-state index in [0.717, 1.165) is 35.8 Å². The van der Waals surface area contributed by atoms with Crippen molar-refractivity contribution >= 4 is 0 Å². The van der Waals surface area contributed by atoms with E-state index >= 15 is 0 Å². The first-order valence-electron chi connectivity index (χ1n) is 8.35. The summed E-state index contributed by atoms with van der Waals surface area (Å²) in [5, 5.41) is 13.6. The zero-order valence-corrected chi connectivity index (χ0v) is 12.7. The number of methoxy groups -OCH3 is 1. The summed E-state index contributed by atoms with van der Waals surface area (Å²) in [5.41, 5.74) is 1.14. The Kier molecular flexibility index (Phi) is 3.33. The fourth-order valence-corrected chi connectivity index (χ4v) is 5.40. The largest absolute Gasteiger partial charge is 0.504 e. The van der Waals surface area contributed by atoms with Gasteiger partial charge >= 0.3 is 0 Å². The molecular weight excluding hydrogens is 262 g/mol. The van der Waals surface area contributed by atoms with E-state index in [2.05, 4.69) is 5.32 Å². The van der Waals surface area contributed by atoms with Crippen molar-refractivity contribution in [1.82, 2.24) is 5.32 Å². The molecule has 0 spiro atoms. The second kappa shape index (κ2) is 5.20. The molecule has 0 saturated heterocycles. The van der Waals surface area contributed by atoms with Gasteiger partial charge in [0.2, 0.25) is 0 Å². The van der Waals surface area contributed by atoms with Crippen LogP contribution in [0, 0.1) is 23.7 Å². The van der Waals surface area contributed by atoms with Crippen LogP contribution in [0.25, 0.3) is 0 Å². The second-order valence-corrected chi connectivity index (χ2v) is 7.15. The van der Waals surface area contributed by atoms with E-state index in [9.17, 15) is 5.11 Å². The average molecular weight is 287 g/mol. The lowest BCUT2D eigenvalue weighted by Crippen LogP contribution is -2.38. The number of phenolic OH excluding ortho intramolecular Hbond substituents is 1. The molecule has 1 aromatic carbocycles. The maximum atomic E-state index is 9.86. The predicted octanol–water partition coefficient (Wildman–Crippen LogP) is 3.32. The third-order valence-corrected chi connectivity index (χ3v) is 6.24. The first-order chi connectivity index (χ1) is 10.3. The van der Waals surface area contributed by atoms with E-state index in [-0.39, 0.29) is 5.75 Å². The van der Waals surface area contributed by atoms with E-state index in [1.807, 2.05) is 18.2 Å². The van der Waals surface area contributed by atoms with Gasteiger partial charge in [-0.15, -0.1) is 0 Å². The first-order valence-corrected chi connectivity index (χ1v) is 8.35. The smallest absolute Gasteiger partial charge is 0.160 e. The van der Waals surface area contributed by atoms with E-state index in [0.29, 0.717) is 11.8 Å². The molecule has 1 aromatic rings. The summed E-state index contributed by atoms with van der Waals surface area (Å²) < 4.78 is 5.10. The summed E-state index contributed by atoms with van der Waals surface area (Å²) in [6.45, 7) is 0.850. The number of hydrogen-bond acceptors (Lipinski definition) is 3. The minimum absolute atomic E-state index is 0.237. The zero-order chi connectivity index (χ0) is 14.4. The number of fused-ring (bicyclic) bond motifs is 5. The van der Waals surface area contributed by atoms with Gasteiger partial charge in [-0.3, -0.25) is 0 Å². The van der Waals surface area contributed by atoms with Crippen LogP contribution in [0.15, 0.2) is 18.2 Å². The number of hydrogen-bond donors (Lipinski definition) is 2. The predicted molar refractivity (Wildman–Crippen MR) is 82.3 cm³/mol. The van der Waals surface area contributed by atoms with Crippen LogP contribution in [-0.2, 0) is 6.54 Å². The molecule has 0 aliphatic heterocycles. The van der Waals surface area contributed by atoms with E-state index in [1.54, 1.807) is 7.11 Å². The molecule has 0 aromatic heterocycles. The molecule has 3 saturated carbocycles. The molecule has 3 heteroatoms. The van der Waals surface area contributed by atoms with E-state index in [4.69, 9.17) is 4.74 Å². The summed E-state index contributed by atoms with van der Waals surface area (Å²) >= 11 is 0. The highest BCUT2D eigenvalue weighted by Crippen LogP contribution is 2.58. The van der Waals surface area contributed by atoms with Gasteiger partial charge in [-0.2, -0.15) is 0 Å². The lowest BCUT2D eigenvalue weighted by molar-refractivity contribution is 0.208. The van der Waals surface area contributed by atoms with Gasteiger partial charge in [0, 0.05) is 12.6 Å². The quantitative estimate of drug-likeness (QED) is 0.892. The third kappa shape index (κ3) is 2.22. The van der Waals surface area contributed by atoms with Gasteiger partial charge in [-0.25, -0.2) is 0 Å². The molecule has 4 rings (SSSR count). The van der Waals surface area contributed by atoms with Crippen molar-refractivity contribution in [3.63, 3.8) is 0 Å². The lowest BCUT2D eigenvalue weighted by atomic mass is 9.79. The van der Waals surface area contributed by atoms with Crippen LogP contribution in [-0.4, -0.2) is 18.3 Å². The minimum atomic E-state index is 0.237. The van der Waals surface area contributed by atoms with Crippen LogP contribution in [0.5, 0.6) is 11.5 Å². The fourth-order valence-electron chi connectivity index (χ4n) is 5.40. The Morgan fingerprint density at radius 2 is 2.05 bits per heavy atom. The van der Waals surface area contributed by atoms with Crippen molar-refractivity contribution in [2.24, 2.45) is 23.7 Å². The molecule has 5 unspecified atom stereocenters. The van der Waals surface area contributed by atoms with Gasteiger partial charge in [0.1, 0.15) is 0 Å². The number of rotatable bonds is 4. The highest BCUT2D eigenvalue weighted by Gasteiger charge is 2.53. The maximum Gasteiger partial charge on any atom is 0.160 e. The molecule has 3 aliphatic carbocycles. The Morgan fingerprint density at radius 1 is 1.19 bits per heavy atom. The maximum absolute atomic E-state index is 9.86. The van der Waals surface area contributed by atoms with Crippen molar-refractivity contribution in [3.05, 3.63) is 23.8 Å². The summed E-state index contributed by atoms with van der Waals surface area (Å²) in [4.78, 5) is 0. The Balaban J connectivity index is 1.39. The normalized spacial score (nSPS) is 36.9. The average Bonchev–Trinajstić information content (AvgIpc) is 3.17. The summed E-state index contributed by atoms with van der Waals surface area (Å²) in [5.74, 6) is 4.75. The minimum Gasteiger partial charge on any atom is -0.504 e. The standard InChI is InChI=1S/C18H25NO2/c1-21-18-6-5-11(7-17(18)20)10-19-16-9-12-8-15(16)14-4-2-3-13(12)14/h5-7,12-16,19-20H,2-4,8-10H2,1H3. The van der Waals surface area contributed by atoms with Gasteiger partial charge in [0.25, 0.3) is 0 Å². The van der Waals surface area contributed by atoms with Crippen LogP contribution < -0.4 is 10.1 Å². The first kappa shape index (κ1) is 13.4. The molecule has 3 nitrogen and oxygen atoms in total. The van der Waals surface area contributed by atoms with Crippen LogP contribution in [0.4, 0.5) is 0 Å². The molecule has 114 valence electrons. The Hall–Kier alpha value is -1.22. The van der Waals surface area contributed by atoms with Crippen molar-refractivity contribution in [1.29, 1.82) is 0 Å². The molecule has 2 bridgehead atoms. The summed E-state index contributed by atoms with van der Waals surface area (Å²) in [6, 6.07) is 6.40. The molecule has 0 heterocycles. The number of aromatic hydroxyl groups is 1. The van der Waals surface area contributed by atoms with Crippen LogP contribution in [0.1, 0.15) is 37.7 Å². The molecule has 5 atom stereocenters. The number of benzene rings is 1. The van der Waals surface area contributed by atoms with Gasteiger partial charge in [-0.1, -0.05) is 12.5 Å². The number of ether oxygens (including phenoxy) is 1. The van der Waals surface area contributed by atoms with Crippen molar-refractivity contribution in [2.45, 2.75) is 44.7 Å². The molecular formula is C18H25NO2. The Morgan fingerprint density at radius 3 is 2.86 bits per heavy atom. The monoisotopic (exact) mass is 287 g/mol. The van der Waals surface area contributed by atoms with Gasteiger partial charge in [-0.05, 0) is 67.1 Å². The van der Waals surface area contributed by atoms with Gasteiger partial charge < -0.3 is 15.2 Å². The molecule has 0 radical (unpaired) electrons. The van der Waals surface area contributed by atoms with Crippen LogP contribution in [0.2, 0.25) is 0 Å². The second-order valence-electron chi connectivity index (χ2n) is 7.15. The third-order valence-electron chi connectivity index (χ3n) is 6.24. The van der Waals surface area contributed by atoms with Crippen molar-refractivity contribution in [2.75, 3.05) is 7.11 Å². The molecule has 21 heavy (non-hydrogen) atoms. The van der Waals surface area contributed by atoms with E-state index in [1.165, 1.54) is 32.1 Å². The lowest BCUT2D eigenvalue weighted by Gasteiger charge is -2.32. The molecule has 0 amide bonds. The Bertz CT molecular complexity index is 530. The van der Waals surface area contributed by atoms with Crippen molar-refractivity contribution < 1.29 is 9.84 Å². The molecule has 3 fully saturated rings. The highest BCUT2D eigenvalue weighted by molar-refractivity contribution is 5.41. The van der Waals surface area contributed by atoms with Gasteiger partial charge in [0.15, 0.2) is 11.5 Å². The topological polar surface area (TPSA) is 41.5 Å². The summed E-state index contributed by atoms with van der Waals surface area (Å²) in [6.07, 6.45) is 7.24. The van der Waals surface area contributed by atoms with E-state index < -0.39 is 0 Å². The zero-order valence-electron chi connectivity index (χ0n) is 12.7. The summed E-state index contributed by atoms with van der Waals surface area (Å²) in [7, 11) is 1.58. The number of phenols is 1. The number of nitrogens with one attached hydrogen (secondary N) is 1. The highest BCUT2D eigenvalue weighted by atomic mass is 16.5. The van der Waals surface area contributed by atoms with Crippen LogP contribution in [0.3, 0.4) is 0 Å². The molecule has 3 aliphatic rings. The van der Waals surface area contributed by atoms with Crippen molar-refractivity contribution in [3.8, 4) is 11.5 Å².